The standard InChI is InChI=1S/C24H26ClNO4/c1-23(2)19-8-6-7-9-20(19)26(5)21(23)14-17(27)15-29-22(28)24(3,4)30-18-12-10-16(25)11-13-18/h6-14H,15H2,1-5H3. The largest absolute Gasteiger partial charge is 0.476 e. The third-order valence-corrected chi connectivity index (χ3v) is 5.51. The zero-order chi connectivity index (χ0) is 22.1. The number of anilines is 1. The van der Waals surface area contributed by atoms with Crippen molar-refractivity contribution in [2.75, 3.05) is 18.6 Å². The number of allylic oxidation sites excluding steroid dienone is 1. The number of rotatable bonds is 6. The first-order chi connectivity index (χ1) is 14.0. The van der Waals surface area contributed by atoms with Gasteiger partial charge in [0.05, 0.1) is 0 Å². The van der Waals surface area contributed by atoms with E-state index in [4.69, 9.17) is 21.1 Å². The average molecular weight is 428 g/mol. The van der Waals surface area contributed by atoms with Gasteiger partial charge in [-0.3, -0.25) is 4.79 Å². The summed E-state index contributed by atoms with van der Waals surface area (Å²) < 4.78 is 11.0. The highest BCUT2D eigenvalue weighted by molar-refractivity contribution is 6.30. The van der Waals surface area contributed by atoms with E-state index in [-0.39, 0.29) is 17.8 Å². The number of fused-ring (bicyclic) bond motifs is 1. The van der Waals surface area contributed by atoms with Crippen molar-refractivity contribution in [1.29, 1.82) is 0 Å². The summed E-state index contributed by atoms with van der Waals surface area (Å²) in [7, 11) is 1.93. The number of para-hydroxylation sites is 1. The Kier molecular flexibility index (Phi) is 5.95. The second kappa shape index (κ2) is 8.15. The van der Waals surface area contributed by atoms with Crippen molar-refractivity contribution >= 4 is 29.0 Å². The van der Waals surface area contributed by atoms with Gasteiger partial charge >= 0.3 is 5.97 Å². The lowest BCUT2D eigenvalue weighted by Crippen LogP contribution is -2.40. The zero-order valence-electron chi connectivity index (χ0n) is 17.9. The van der Waals surface area contributed by atoms with E-state index in [1.807, 2.05) is 30.1 Å². The first-order valence-electron chi connectivity index (χ1n) is 9.72. The molecule has 0 fully saturated rings. The topological polar surface area (TPSA) is 55.8 Å². The highest BCUT2D eigenvalue weighted by Crippen LogP contribution is 2.46. The SMILES string of the molecule is CN1C(=CC(=O)COC(=O)C(C)(C)Oc2ccc(Cl)cc2)C(C)(C)c2ccccc21. The lowest BCUT2D eigenvalue weighted by molar-refractivity contribution is -0.161. The quantitative estimate of drug-likeness (QED) is 0.483. The Morgan fingerprint density at radius 1 is 1.10 bits per heavy atom. The molecule has 2 aromatic carbocycles. The Balaban J connectivity index is 1.65. The summed E-state index contributed by atoms with van der Waals surface area (Å²) in [6.07, 6.45) is 1.56. The van der Waals surface area contributed by atoms with Crippen LogP contribution in [0, 0.1) is 0 Å². The van der Waals surface area contributed by atoms with Crippen molar-refractivity contribution in [2.45, 2.75) is 38.7 Å². The number of nitrogens with zero attached hydrogens (tertiary/aromatic N) is 1. The molecule has 0 N–H and O–H groups in total. The van der Waals surface area contributed by atoms with Gasteiger partial charge in [-0.05, 0) is 49.7 Å². The number of benzene rings is 2. The molecule has 0 saturated carbocycles. The van der Waals surface area contributed by atoms with Crippen molar-refractivity contribution in [3.8, 4) is 5.75 Å². The van der Waals surface area contributed by atoms with Crippen LogP contribution in [0.25, 0.3) is 0 Å². The summed E-state index contributed by atoms with van der Waals surface area (Å²) in [5, 5.41) is 0.573. The Morgan fingerprint density at radius 2 is 1.73 bits per heavy atom. The summed E-state index contributed by atoms with van der Waals surface area (Å²) in [4.78, 5) is 27.1. The maximum absolute atomic E-state index is 12.6. The lowest BCUT2D eigenvalue weighted by Gasteiger charge is -2.25. The lowest BCUT2D eigenvalue weighted by atomic mass is 9.83. The third-order valence-electron chi connectivity index (χ3n) is 5.26. The van der Waals surface area contributed by atoms with E-state index in [2.05, 4.69) is 19.9 Å². The summed E-state index contributed by atoms with van der Waals surface area (Å²) in [5.74, 6) is -0.415. The van der Waals surface area contributed by atoms with E-state index < -0.39 is 11.6 Å². The molecular weight excluding hydrogens is 402 g/mol. The van der Waals surface area contributed by atoms with Gasteiger partial charge in [-0.2, -0.15) is 0 Å². The number of carbonyl (C=O) groups excluding carboxylic acids is 2. The highest BCUT2D eigenvalue weighted by Gasteiger charge is 2.39. The molecule has 6 heteroatoms. The summed E-state index contributed by atoms with van der Waals surface area (Å²) in [6.45, 7) is 6.98. The number of carbonyl (C=O) groups is 2. The minimum Gasteiger partial charge on any atom is -0.476 e. The van der Waals surface area contributed by atoms with Gasteiger partial charge < -0.3 is 14.4 Å². The maximum atomic E-state index is 12.6. The molecular formula is C24H26ClNO4. The van der Waals surface area contributed by atoms with Crippen molar-refractivity contribution in [3.05, 3.63) is 70.9 Å². The summed E-state index contributed by atoms with van der Waals surface area (Å²) in [6, 6.07) is 14.7. The molecule has 0 aromatic heterocycles. The Labute approximate surface area is 182 Å². The zero-order valence-corrected chi connectivity index (χ0v) is 18.6. The van der Waals surface area contributed by atoms with Crippen LogP contribution in [0.4, 0.5) is 5.69 Å². The van der Waals surface area contributed by atoms with Gasteiger partial charge in [-0.25, -0.2) is 4.79 Å². The second-order valence-electron chi connectivity index (χ2n) is 8.34. The van der Waals surface area contributed by atoms with Crippen molar-refractivity contribution in [1.82, 2.24) is 0 Å². The first kappa shape index (κ1) is 21.9. The smallest absolute Gasteiger partial charge is 0.350 e. The first-order valence-corrected chi connectivity index (χ1v) is 10.1. The van der Waals surface area contributed by atoms with Crippen molar-refractivity contribution < 1.29 is 19.1 Å². The third kappa shape index (κ3) is 4.36. The highest BCUT2D eigenvalue weighted by atomic mass is 35.5. The number of ether oxygens (including phenoxy) is 2. The predicted molar refractivity (Wildman–Crippen MR) is 118 cm³/mol. The van der Waals surface area contributed by atoms with Crippen LogP contribution in [0.2, 0.25) is 5.02 Å². The van der Waals surface area contributed by atoms with Gasteiger partial charge in [-0.1, -0.05) is 43.6 Å². The van der Waals surface area contributed by atoms with E-state index in [0.29, 0.717) is 10.8 Å². The molecule has 30 heavy (non-hydrogen) atoms. The fraction of sp³-hybridized carbons (Fsp3) is 0.333. The maximum Gasteiger partial charge on any atom is 0.350 e. The normalized spacial score (nSPS) is 16.3. The van der Waals surface area contributed by atoms with Gasteiger partial charge in [0.25, 0.3) is 0 Å². The van der Waals surface area contributed by atoms with E-state index in [9.17, 15) is 9.59 Å². The number of esters is 1. The molecule has 0 saturated heterocycles. The molecule has 0 bridgehead atoms. The minimum atomic E-state index is -1.25. The molecule has 1 aliphatic heterocycles. The van der Waals surface area contributed by atoms with Crippen LogP contribution in [0.1, 0.15) is 33.3 Å². The van der Waals surface area contributed by atoms with Crippen molar-refractivity contribution in [2.24, 2.45) is 0 Å². The summed E-state index contributed by atoms with van der Waals surface area (Å²) >= 11 is 5.87. The Hall–Kier alpha value is -2.79. The fourth-order valence-electron chi connectivity index (χ4n) is 3.60. The Morgan fingerprint density at radius 3 is 2.37 bits per heavy atom. The van der Waals surface area contributed by atoms with Gasteiger partial charge in [0.15, 0.2) is 18.0 Å². The number of hydrogen-bond donors (Lipinski definition) is 0. The molecule has 1 heterocycles. The average Bonchev–Trinajstić information content (AvgIpc) is 2.89. The van der Waals surface area contributed by atoms with Gasteiger partial charge in [0.1, 0.15) is 5.75 Å². The molecule has 5 nitrogen and oxygen atoms in total. The van der Waals surface area contributed by atoms with Crippen LogP contribution in [0.5, 0.6) is 5.75 Å². The molecule has 158 valence electrons. The number of halogens is 1. The molecule has 2 aromatic rings. The van der Waals surface area contributed by atoms with Crippen LogP contribution in [-0.4, -0.2) is 31.0 Å². The molecule has 1 aliphatic rings. The van der Waals surface area contributed by atoms with Crippen molar-refractivity contribution in [3.63, 3.8) is 0 Å². The molecule has 0 unspecified atom stereocenters. The summed E-state index contributed by atoms with van der Waals surface area (Å²) in [5.41, 5.74) is 1.52. The monoisotopic (exact) mass is 427 g/mol. The van der Waals surface area contributed by atoms with Gasteiger partial charge in [0, 0.05) is 34.9 Å². The van der Waals surface area contributed by atoms with Crippen LogP contribution >= 0.6 is 11.6 Å². The van der Waals surface area contributed by atoms with Crippen LogP contribution in [-0.2, 0) is 19.7 Å². The van der Waals surface area contributed by atoms with E-state index in [0.717, 1.165) is 16.9 Å². The molecule has 0 aliphatic carbocycles. The molecule has 3 rings (SSSR count). The minimum absolute atomic E-state index is 0.284. The fourth-order valence-corrected chi connectivity index (χ4v) is 3.73. The number of hydrogen-bond acceptors (Lipinski definition) is 5. The van der Waals surface area contributed by atoms with Crippen LogP contribution in [0.3, 0.4) is 0 Å². The molecule has 0 spiro atoms. The predicted octanol–water partition coefficient (Wildman–Crippen LogP) is 4.92. The van der Waals surface area contributed by atoms with Crippen LogP contribution in [0.15, 0.2) is 60.3 Å². The number of ketones is 1. The van der Waals surface area contributed by atoms with Crippen LogP contribution < -0.4 is 9.64 Å². The Bertz CT molecular complexity index is 993. The molecule has 0 atom stereocenters. The van der Waals surface area contributed by atoms with E-state index in [1.54, 1.807) is 44.2 Å². The van der Waals surface area contributed by atoms with Gasteiger partial charge in [-0.15, -0.1) is 0 Å². The van der Waals surface area contributed by atoms with Gasteiger partial charge in [0.2, 0.25) is 0 Å². The second-order valence-corrected chi connectivity index (χ2v) is 8.78. The van der Waals surface area contributed by atoms with E-state index >= 15 is 0 Å². The molecule has 0 radical (unpaired) electrons. The molecule has 0 amide bonds. The van der Waals surface area contributed by atoms with E-state index in [1.165, 1.54) is 0 Å². The number of likely N-dealkylation sites (N-methyl/N-ethyl adjacent to an activating group) is 1.